The second kappa shape index (κ2) is 5.19. The molecule has 0 spiro atoms. The van der Waals surface area contributed by atoms with Crippen molar-refractivity contribution in [1.29, 1.82) is 0 Å². The highest BCUT2D eigenvalue weighted by Gasteiger charge is 2.35. The summed E-state index contributed by atoms with van der Waals surface area (Å²) in [4.78, 5) is 10.7. The molecule has 1 rings (SSSR count). The number of carboxylic acids is 1. The maximum atomic E-state index is 12.4. The second-order valence-corrected chi connectivity index (χ2v) is 3.21. The predicted molar refractivity (Wildman–Crippen MR) is 49.9 cm³/mol. The Labute approximate surface area is 97.8 Å². The summed E-state index contributed by atoms with van der Waals surface area (Å²) in [7, 11) is 0. The van der Waals surface area contributed by atoms with Crippen LogP contribution >= 0.6 is 0 Å². The lowest BCUT2D eigenvalue weighted by atomic mass is 10.1. The van der Waals surface area contributed by atoms with E-state index in [0.29, 0.717) is 12.1 Å². The summed E-state index contributed by atoms with van der Waals surface area (Å²) in [5.41, 5.74) is -2.41. The van der Waals surface area contributed by atoms with Gasteiger partial charge in [0.05, 0.1) is 11.1 Å². The van der Waals surface area contributed by atoms with Crippen LogP contribution in [0.2, 0.25) is 0 Å². The van der Waals surface area contributed by atoms with Crippen molar-refractivity contribution in [2.24, 2.45) is 0 Å². The van der Waals surface area contributed by atoms with E-state index in [-0.39, 0.29) is 5.75 Å². The Bertz CT molecular complexity index is 442. The lowest BCUT2D eigenvalue weighted by molar-refractivity contribution is -0.138. The van der Waals surface area contributed by atoms with Gasteiger partial charge < -0.3 is 9.84 Å². The molecule has 1 aromatic carbocycles. The molecule has 8 heteroatoms. The molecule has 0 aromatic heterocycles. The van der Waals surface area contributed by atoms with E-state index in [1.54, 1.807) is 0 Å². The molecule has 0 radical (unpaired) electrons. The van der Waals surface area contributed by atoms with Gasteiger partial charge in [-0.25, -0.2) is 13.6 Å². The third-order valence-electron chi connectivity index (χ3n) is 1.90. The van der Waals surface area contributed by atoms with Crippen LogP contribution in [0.15, 0.2) is 18.2 Å². The van der Waals surface area contributed by atoms with Crippen molar-refractivity contribution in [3.63, 3.8) is 0 Å². The van der Waals surface area contributed by atoms with Crippen molar-refractivity contribution >= 4 is 5.97 Å². The van der Waals surface area contributed by atoms with Crippen LogP contribution in [0.5, 0.6) is 5.75 Å². The average molecular weight is 270 g/mol. The van der Waals surface area contributed by atoms with E-state index in [2.05, 4.69) is 4.74 Å². The lowest BCUT2D eigenvalue weighted by Crippen LogP contribution is -2.14. The van der Waals surface area contributed by atoms with Gasteiger partial charge in [0.25, 0.3) is 6.43 Å². The quantitative estimate of drug-likeness (QED) is 0.855. The van der Waals surface area contributed by atoms with Crippen LogP contribution in [-0.4, -0.2) is 24.1 Å². The first-order valence-electron chi connectivity index (χ1n) is 4.57. The summed E-state index contributed by atoms with van der Waals surface area (Å²) in [6.45, 7) is -1.02. The molecule has 0 aliphatic rings. The average Bonchev–Trinajstić information content (AvgIpc) is 2.24. The van der Waals surface area contributed by atoms with Gasteiger partial charge in [-0.2, -0.15) is 13.2 Å². The van der Waals surface area contributed by atoms with E-state index in [9.17, 15) is 26.7 Å². The Morgan fingerprint density at radius 2 is 1.94 bits per heavy atom. The molecule has 0 saturated heterocycles. The van der Waals surface area contributed by atoms with Gasteiger partial charge in [-0.05, 0) is 18.2 Å². The Kier molecular flexibility index (Phi) is 4.10. The number of rotatable bonds is 4. The van der Waals surface area contributed by atoms with Crippen LogP contribution in [0.25, 0.3) is 0 Å². The molecule has 1 N–H and O–H groups in total. The number of hydrogen-bond acceptors (Lipinski definition) is 2. The van der Waals surface area contributed by atoms with Crippen LogP contribution in [-0.2, 0) is 6.18 Å². The van der Waals surface area contributed by atoms with Crippen molar-refractivity contribution < 1.29 is 36.6 Å². The van der Waals surface area contributed by atoms with E-state index < -0.39 is 36.3 Å². The van der Waals surface area contributed by atoms with Gasteiger partial charge in [-0.15, -0.1) is 0 Å². The zero-order valence-corrected chi connectivity index (χ0v) is 8.67. The van der Waals surface area contributed by atoms with Crippen LogP contribution in [0, 0.1) is 0 Å². The molecule has 18 heavy (non-hydrogen) atoms. The summed E-state index contributed by atoms with van der Waals surface area (Å²) < 4.78 is 65.4. The van der Waals surface area contributed by atoms with Crippen LogP contribution < -0.4 is 4.74 Å². The lowest BCUT2D eigenvalue weighted by Gasteiger charge is -2.12. The maximum Gasteiger partial charge on any atom is 0.417 e. The molecule has 0 aliphatic heterocycles. The van der Waals surface area contributed by atoms with E-state index in [1.807, 2.05) is 0 Å². The minimum Gasteiger partial charge on any atom is -0.488 e. The molecule has 0 fully saturated rings. The summed E-state index contributed by atoms with van der Waals surface area (Å²) in [6.07, 6.45) is -7.64. The van der Waals surface area contributed by atoms with E-state index in [4.69, 9.17) is 5.11 Å². The fourth-order valence-corrected chi connectivity index (χ4v) is 1.20. The standard InChI is InChI=1S/C10H7F5O3/c11-8(12)4-18-5-1-2-7(10(13,14)15)6(3-5)9(16)17/h1-3,8H,4H2,(H,16,17). The van der Waals surface area contributed by atoms with E-state index in [0.717, 1.165) is 6.07 Å². The zero-order valence-electron chi connectivity index (χ0n) is 8.67. The smallest absolute Gasteiger partial charge is 0.417 e. The molecule has 0 aliphatic carbocycles. The van der Waals surface area contributed by atoms with Gasteiger partial charge in [-0.1, -0.05) is 0 Å². The molecule has 0 bridgehead atoms. The Balaban J connectivity index is 3.08. The second-order valence-electron chi connectivity index (χ2n) is 3.21. The molecule has 0 unspecified atom stereocenters. The molecular formula is C10H7F5O3. The van der Waals surface area contributed by atoms with Crippen molar-refractivity contribution in [1.82, 2.24) is 0 Å². The van der Waals surface area contributed by atoms with Crippen molar-refractivity contribution in [2.45, 2.75) is 12.6 Å². The first-order chi connectivity index (χ1) is 8.21. The number of alkyl halides is 5. The monoisotopic (exact) mass is 270 g/mol. The molecular weight excluding hydrogens is 263 g/mol. The summed E-state index contributed by atoms with van der Waals surface area (Å²) >= 11 is 0. The zero-order chi connectivity index (χ0) is 13.9. The van der Waals surface area contributed by atoms with Crippen molar-refractivity contribution in [3.8, 4) is 5.75 Å². The minimum absolute atomic E-state index is 0.360. The number of aromatic carboxylic acids is 1. The molecule has 100 valence electrons. The molecule has 0 saturated carbocycles. The van der Waals surface area contributed by atoms with Gasteiger partial charge >= 0.3 is 12.1 Å². The largest absolute Gasteiger partial charge is 0.488 e. The van der Waals surface area contributed by atoms with Crippen LogP contribution in [0.1, 0.15) is 15.9 Å². The molecule has 0 heterocycles. The molecule has 3 nitrogen and oxygen atoms in total. The maximum absolute atomic E-state index is 12.4. The fraction of sp³-hybridized carbons (Fsp3) is 0.300. The highest BCUT2D eigenvalue weighted by atomic mass is 19.4. The predicted octanol–water partition coefficient (Wildman–Crippen LogP) is 3.05. The molecule has 0 amide bonds. The first-order valence-corrected chi connectivity index (χ1v) is 4.57. The highest BCUT2D eigenvalue weighted by Crippen LogP contribution is 2.33. The molecule has 1 aromatic rings. The summed E-state index contributed by atoms with van der Waals surface area (Å²) in [6, 6.07) is 1.83. The van der Waals surface area contributed by atoms with Gasteiger partial charge in [0.15, 0.2) is 0 Å². The van der Waals surface area contributed by atoms with Gasteiger partial charge in [0.2, 0.25) is 0 Å². The van der Waals surface area contributed by atoms with Crippen LogP contribution in [0.4, 0.5) is 22.0 Å². The third-order valence-corrected chi connectivity index (χ3v) is 1.90. The number of benzene rings is 1. The number of carboxylic acid groups (broad SMARTS) is 1. The van der Waals surface area contributed by atoms with Crippen molar-refractivity contribution in [2.75, 3.05) is 6.61 Å². The Hall–Kier alpha value is -1.86. The normalized spacial score (nSPS) is 11.7. The summed E-state index contributed by atoms with van der Waals surface area (Å²) in [5, 5.41) is 8.63. The van der Waals surface area contributed by atoms with Gasteiger partial charge in [-0.3, -0.25) is 0 Å². The van der Waals surface area contributed by atoms with Crippen LogP contribution in [0.3, 0.4) is 0 Å². The number of halogens is 5. The first kappa shape index (κ1) is 14.2. The van der Waals surface area contributed by atoms with Crippen molar-refractivity contribution in [3.05, 3.63) is 29.3 Å². The van der Waals surface area contributed by atoms with E-state index >= 15 is 0 Å². The Morgan fingerprint density at radius 3 is 2.39 bits per heavy atom. The Morgan fingerprint density at radius 1 is 1.33 bits per heavy atom. The van der Waals surface area contributed by atoms with Gasteiger partial charge in [0.1, 0.15) is 12.4 Å². The minimum atomic E-state index is -4.84. The fourth-order valence-electron chi connectivity index (χ4n) is 1.20. The SMILES string of the molecule is O=C(O)c1cc(OCC(F)F)ccc1C(F)(F)F. The number of hydrogen-bond donors (Lipinski definition) is 1. The number of ether oxygens (including phenoxy) is 1. The third kappa shape index (κ3) is 3.57. The van der Waals surface area contributed by atoms with Gasteiger partial charge in [0, 0.05) is 0 Å². The summed E-state index contributed by atoms with van der Waals surface area (Å²) in [5.74, 6) is -2.18. The van der Waals surface area contributed by atoms with E-state index in [1.165, 1.54) is 0 Å². The highest BCUT2D eigenvalue weighted by molar-refractivity contribution is 5.90. The topological polar surface area (TPSA) is 46.5 Å². The molecule has 0 atom stereocenters. The number of carbonyl (C=O) groups is 1.